The van der Waals surface area contributed by atoms with E-state index in [1.54, 1.807) is 0 Å². The molecule has 1 aliphatic heterocycles. The van der Waals surface area contributed by atoms with Crippen LogP contribution in [0.2, 0.25) is 0 Å². The molecule has 1 saturated heterocycles. The summed E-state index contributed by atoms with van der Waals surface area (Å²) in [6.07, 6.45) is 3.24. The first kappa shape index (κ1) is 17.7. The summed E-state index contributed by atoms with van der Waals surface area (Å²) in [6, 6.07) is 0.110. The quantitative estimate of drug-likeness (QED) is 0.815. The normalized spacial score (nSPS) is 31.9. The van der Waals surface area contributed by atoms with Crippen LogP contribution < -0.4 is 5.32 Å². The van der Waals surface area contributed by atoms with Crippen LogP contribution in [0.4, 0.5) is 0 Å². The van der Waals surface area contributed by atoms with Crippen LogP contribution >= 0.6 is 0 Å². The Labute approximate surface area is 134 Å². The van der Waals surface area contributed by atoms with Gasteiger partial charge in [0.05, 0.1) is 0 Å². The topological polar surface area (TPSA) is 69.7 Å². The van der Waals surface area contributed by atoms with Gasteiger partial charge in [-0.25, -0.2) is 8.42 Å². The van der Waals surface area contributed by atoms with Crippen molar-refractivity contribution in [2.24, 2.45) is 11.8 Å². The van der Waals surface area contributed by atoms with E-state index in [0.717, 1.165) is 25.9 Å². The highest BCUT2D eigenvalue weighted by atomic mass is 32.2. The number of likely N-dealkylation sites (N-methyl/N-ethyl adjacent to an activating group) is 1. The maximum atomic E-state index is 12.3. The van der Waals surface area contributed by atoms with E-state index in [2.05, 4.69) is 24.1 Å². The van der Waals surface area contributed by atoms with Crippen LogP contribution in [0.3, 0.4) is 0 Å². The molecule has 1 heterocycles. The Bertz CT molecular complexity index is 486. The molecule has 0 aromatic rings. The molecule has 0 bridgehead atoms. The third-order valence-electron chi connectivity index (χ3n) is 5.22. The SMILES string of the molecule is C[C@@H]1[C@H](C)CCC[C@H]1NC(=O)CS(=O)(=O)N1CCN(C)CC1. The van der Waals surface area contributed by atoms with Crippen LogP contribution in [0.5, 0.6) is 0 Å². The monoisotopic (exact) mass is 331 g/mol. The number of hydrogen-bond donors (Lipinski definition) is 1. The first-order valence-electron chi connectivity index (χ1n) is 8.25. The van der Waals surface area contributed by atoms with Crippen molar-refractivity contribution in [3.63, 3.8) is 0 Å². The number of carbonyl (C=O) groups is 1. The van der Waals surface area contributed by atoms with Gasteiger partial charge in [0.2, 0.25) is 15.9 Å². The minimum absolute atomic E-state index is 0.110. The zero-order valence-corrected chi connectivity index (χ0v) is 14.7. The highest BCUT2D eigenvalue weighted by molar-refractivity contribution is 7.89. The molecule has 6 nitrogen and oxygen atoms in total. The van der Waals surface area contributed by atoms with E-state index in [9.17, 15) is 13.2 Å². The van der Waals surface area contributed by atoms with Crippen molar-refractivity contribution in [2.45, 2.75) is 39.2 Å². The van der Waals surface area contributed by atoms with E-state index in [4.69, 9.17) is 0 Å². The Balaban J connectivity index is 1.88. The predicted molar refractivity (Wildman–Crippen MR) is 87.0 cm³/mol. The van der Waals surface area contributed by atoms with Crippen molar-refractivity contribution in [2.75, 3.05) is 39.0 Å². The molecule has 0 radical (unpaired) electrons. The zero-order valence-electron chi connectivity index (χ0n) is 13.9. The van der Waals surface area contributed by atoms with Gasteiger partial charge in [-0.15, -0.1) is 0 Å². The summed E-state index contributed by atoms with van der Waals surface area (Å²) < 4.78 is 26.1. The van der Waals surface area contributed by atoms with Gasteiger partial charge in [0, 0.05) is 32.2 Å². The Morgan fingerprint density at radius 3 is 2.41 bits per heavy atom. The van der Waals surface area contributed by atoms with Crippen molar-refractivity contribution in [1.82, 2.24) is 14.5 Å². The molecule has 1 N–H and O–H groups in total. The number of sulfonamides is 1. The van der Waals surface area contributed by atoms with Crippen LogP contribution in [0, 0.1) is 11.8 Å². The fourth-order valence-electron chi connectivity index (χ4n) is 3.36. The van der Waals surface area contributed by atoms with Crippen molar-refractivity contribution >= 4 is 15.9 Å². The highest BCUT2D eigenvalue weighted by Crippen LogP contribution is 2.29. The first-order chi connectivity index (χ1) is 10.3. The van der Waals surface area contributed by atoms with Crippen molar-refractivity contribution < 1.29 is 13.2 Å². The van der Waals surface area contributed by atoms with Crippen molar-refractivity contribution in [1.29, 1.82) is 0 Å². The number of piperazine rings is 1. The fraction of sp³-hybridized carbons (Fsp3) is 0.933. The molecule has 1 saturated carbocycles. The van der Waals surface area contributed by atoms with Gasteiger partial charge in [-0.05, 0) is 25.3 Å². The Morgan fingerprint density at radius 2 is 1.77 bits per heavy atom. The number of hydrogen-bond acceptors (Lipinski definition) is 4. The average molecular weight is 331 g/mol. The van der Waals surface area contributed by atoms with Crippen LogP contribution in [0.1, 0.15) is 33.1 Å². The van der Waals surface area contributed by atoms with Crippen LogP contribution in [-0.2, 0) is 14.8 Å². The molecule has 2 rings (SSSR count). The lowest BCUT2D eigenvalue weighted by Crippen LogP contribution is -2.51. The van der Waals surface area contributed by atoms with Crippen LogP contribution in [0.25, 0.3) is 0 Å². The van der Waals surface area contributed by atoms with Gasteiger partial charge in [-0.3, -0.25) is 4.79 Å². The third kappa shape index (κ3) is 4.43. The molecule has 0 aromatic heterocycles. The lowest BCUT2D eigenvalue weighted by atomic mass is 9.78. The Morgan fingerprint density at radius 1 is 1.14 bits per heavy atom. The van der Waals surface area contributed by atoms with Crippen molar-refractivity contribution in [3.05, 3.63) is 0 Å². The van der Waals surface area contributed by atoms with E-state index in [1.807, 2.05) is 7.05 Å². The maximum Gasteiger partial charge on any atom is 0.236 e. The van der Waals surface area contributed by atoms with Gasteiger partial charge in [-0.2, -0.15) is 4.31 Å². The van der Waals surface area contributed by atoms with Gasteiger partial charge in [0.1, 0.15) is 5.75 Å². The average Bonchev–Trinajstić information content (AvgIpc) is 2.44. The maximum absolute atomic E-state index is 12.3. The number of nitrogens with zero attached hydrogens (tertiary/aromatic N) is 2. The van der Waals surface area contributed by atoms with Gasteiger partial charge in [0.15, 0.2) is 0 Å². The van der Waals surface area contributed by atoms with E-state index >= 15 is 0 Å². The Kier molecular flexibility index (Phi) is 5.85. The summed E-state index contributed by atoms with van der Waals surface area (Å²) >= 11 is 0. The molecular weight excluding hydrogens is 302 g/mol. The summed E-state index contributed by atoms with van der Waals surface area (Å²) in [4.78, 5) is 14.3. The van der Waals surface area contributed by atoms with Gasteiger partial charge >= 0.3 is 0 Å². The lowest BCUT2D eigenvalue weighted by molar-refractivity contribution is -0.120. The summed E-state index contributed by atoms with van der Waals surface area (Å²) in [5, 5.41) is 2.95. The first-order valence-corrected chi connectivity index (χ1v) is 9.86. The van der Waals surface area contributed by atoms with E-state index < -0.39 is 15.8 Å². The second kappa shape index (κ2) is 7.27. The molecule has 0 spiro atoms. The number of nitrogens with one attached hydrogen (secondary N) is 1. The summed E-state index contributed by atoms with van der Waals surface area (Å²) in [6.45, 7) is 6.73. The molecule has 3 atom stereocenters. The molecule has 2 fully saturated rings. The van der Waals surface area contributed by atoms with Crippen LogP contribution in [-0.4, -0.2) is 68.6 Å². The second-order valence-corrected chi connectivity index (χ2v) is 8.87. The summed E-state index contributed by atoms with van der Waals surface area (Å²) in [7, 11) is -1.52. The number of carbonyl (C=O) groups excluding carboxylic acids is 1. The number of amides is 1. The largest absolute Gasteiger partial charge is 0.352 e. The fourth-order valence-corrected chi connectivity index (χ4v) is 4.67. The smallest absolute Gasteiger partial charge is 0.236 e. The molecule has 2 aliphatic rings. The van der Waals surface area contributed by atoms with E-state index in [0.29, 0.717) is 24.9 Å². The minimum Gasteiger partial charge on any atom is -0.352 e. The van der Waals surface area contributed by atoms with Crippen LogP contribution in [0.15, 0.2) is 0 Å². The van der Waals surface area contributed by atoms with E-state index in [1.165, 1.54) is 10.7 Å². The lowest BCUT2D eigenvalue weighted by Gasteiger charge is -2.35. The standard InChI is InChI=1S/C15H29N3O3S/c1-12-5-4-6-14(13(12)2)16-15(19)11-22(20,21)18-9-7-17(3)8-10-18/h12-14H,4-11H2,1-3H3,(H,16,19)/t12-,13-,14-/m1/s1. The summed E-state index contributed by atoms with van der Waals surface area (Å²) in [5.41, 5.74) is 0. The molecule has 1 amide bonds. The summed E-state index contributed by atoms with van der Waals surface area (Å²) in [5.74, 6) is 0.205. The molecular formula is C15H29N3O3S. The highest BCUT2D eigenvalue weighted by Gasteiger charge is 2.31. The third-order valence-corrected chi connectivity index (χ3v) is 7.00. The van der Waals surface area contributed by atoms with Crippen molar-refractivity contribution in [3.8, 4) is 0 Å². The zero-order chi connectivity index (χ0) is 16.3. The molecule has 0 aromatic carbocycles. The molecule has 22 heavy (non-hydrogen) atoms. The minimum atomic E-state index is -3.49. The van der Waals surface area contributed by atoms with Gasteiger partial charge in [-0.1, -0.05) is 26.7 Å². The van der Waals surface area contributed by atoms with Gasteiger partial charge < -0.3 is 10.2 Å². The molecule has 128 valence electrons. The van der Waals surface area contributed by atoms with E-state index in [-0.39, 0.29) is 11.9 Å². The Hall–Kier alpha value is -0.660. The number of rotatable bonds is 4. The predicted octanol–water partition coefficient (Wildman–Crippen LogP) is 0.505. The molecule has 1 aliphatic carbocycles. The second-order valence-electron chi connectivity index (χ2n) is 6.90. The van der Waals surface area contributed by atoms with Gasteiger partial charge in [0.25, 0.3) is 0 Å². The molecule has 0 unspecified atom stereocenters. The molecule has 7 heteroatoms.